The van der Waals surface area contributed by atoms with E-state index >= 15 is 0 Å². The number of nitrogens with two attached hydrogens (primary N) is 4. The average molecular weight is 1390 g/mol. The smallest absolute Gasteiger partial charge is 0.326 e. The van der Waals surface area contributed by atoms with Gasteiger partial charge in [0.15, 0.2) is 5.96 Å². The topological polar surface area (TPSA) is 548 Å². The molecule has 36 heteroatoms. The lowest BCUT2D eigenvalue weighted by molar-refractivity contribution is -0.151. The molecule has 13 atom stereocenters. The van der Waals surface area contributed by atoms with E-state index in [1.807, 2.05) is 27.7 Å². The third-order valence-electron chi connectivity index (χ3n) is 18.1. The normalized spacial score (nSPS) is 22.7. The van der Waals surface area contributed by atoms with Gasteiger partial charge in [0.25, 0.3) is 0 Å². The lowest BCUT2D eigenvalue weighted by Crippen LogP contribution is -2.60. The second-order valence-electron chi connectivity index (χ2n) is 26.5. The van der Waals surface area contributed by atoms with Crippen molar-refractivity contribution in [3.8, 4) is 0 Å². The minimum Gasteiger partial charge on any atom is -0.480 e. The first kappa shape index (κ1) is 80.3. The van der Waals surface area contributed by atoms with Crippen LogP contribution in [0.5, 0.6) is 0 Å². The first-order valence-electron chi connectivity index (χ1n) is 33.8. The number of amides is 12. The number of carboxylic acids is 2. The number of aliphatic imine (C=N–C) groups is 1. The molecule has 36 nitrogen and oxygen atoms in total. The summed E-state index contributed by atoms with van der Waals surface area (Å²) in [5, 5.41) is 62.9. The van der Waals surface area contributed by atoms with Crippen LogP contribution in [0.4, 0.5) is 0 Å². The summed E-state index contributed by atoms with van der Waals surface area (Å²) in [4.78, 5) is 194. The number of aliphatic hydroxyl groups excluding tert-OH is 3. The molecular weight excluding hydrogens is 1290 g/mol. The molecule has 19 N–H and O–H groups in total. The quantitative estimate of drug-likeness (QED) is 0.0174. The van der Waals surface area contributed by atoms with Crippen molar-refractivity contribution in [2.24, 2.45) is 39.8 Å². The number of guanidine groups is 1. The number of hydrogen-bond acceptors (Lipinski definition) is 20. The largest absolute Gasteiger partial charge is 0.480 e. The van der Waals surface area contributed by atoms with Gasteiger partial charge in [0.05, 0.1) is 25.9 Å². The Morgan fingerprint density at radius 1 is 0.439 bits per heavy atom. The van der Waals surface area contributed by atoms with Gasteiger partial charge in [0, 0.05) is 45.8 Å². The molecule has 0 bridgehead atoms. The number of carboxylic acid groups (broad SMARTS) is 2. The van der Waals surface area contributed by atoms with E-state index < -0.39 is 170 Å². The fourth-order valence-electron chi connectivity index (χ4n) is 13.3. The zero-order chi connectivity index (χ0) is 72.8. The summed E-state index contributed by atoms with van der Waals surface area (Å²) < 4.78 is 0. The van der Waals surface area contributed by atoms with Gasteiger partial charge in [-0.25, -0.2) is 4.79 Å². The highest BCUT2D eigenvalue weighted by Gasteiger charge is 2.48. The fraction of sp³-hybridized carbons (Fsp3) is 0.758. The molecule has 0 radical (unpaired) electrons. The molecular formula is C62H103N17O19. The maximum Gasteiger partial charge on any atom is 0.326 e. The minimum absolute atomic E-state index is 0.0169. The van der Waals surface area contributed by atoms with E-state index in [0.717, 1.165) is 0 Å². The molecule has 98 heavy (non-hydrogen) atoms. The Kier molecular flexibility index (Phi) is 31.3. The van der Waals surface area contributed by atoms with Crippen molar-refractivity contribution in [3.63, 3.8) is 0 Å². The number of rotatable bonds is 31. The summed E-state index contributed by atoms with van der Waals surface area (Å²) in [5.41, 5.74) is 22.2. The van der Waals surface area contributed by atoms with Crippen LogP contribution in [-0.4, -0.2) is 294 Å². The van der Waals surface area contributed by atoms with Crippen LogP contribution in [0.15, 0.2) is 4.99 Å². The molecule has 6 aliphatic heterocycles. The summed E-state index contributed by atoms with van der Waals surface area (Å²) in [5.74, 6) is -9.90. The summed E-state index contributed by atoms with van der Waals surface area (Å²) >= 11 is 0. The zero-order valence-electron chi connectivity index (χ0n) is 56.6. The molecule has 6 aliphatic rings. The SMILES string of the molecule is CC(C)CC(NC(=O)C(CCCN=C(N)N)NC(=O)C(CO)NC(=O)C1CCCN1C(=O)C(N)CO)C(=O)N1CCCC1C(=O)NCC(=O)O.CC(C)CC(NC(=O)C(CO)NC(=O)C1CCCN1C(=O)C1CCCN1C(=O)C1CCCN1C(=O)C(C)N)C(=O)N1CCCC1C(=O)O. The number of aliphatic hydroxyl groups is 3. The fourth-order valence-corrected chi connectivity index (χ4v) is 13.3. The number of aliphatic carboxylic acids is 2. The van der Waals surface area contributed by atoms with Gasteiger partial charge < -0.3 is 110 Å². The van der Waals surface area contributed by atoms with Crippen molar-refractivity contribution in [2.75, 3.05) is 72.2 Å². The summed E-state index contributed by atoms with van der Waals surface area (Å²) in [6.45, 7) is 7.87. The summed E-state index contributed by atoms with van der Waals surface area (Å²) in [7, 11) is 0. The minimum atomic E-state index is -1.53. The van der Waals surface area contributed by atoms with E-state index in [1.54, 1.807) is 6.92 Å². The molecule has 12 amide bonds. The van der Waals surface area contributed by atoms with Crippen LogP contribution in [0.25, 0.3) is 0 Å². The predicted octanol–water partition coefficient (Wildman–Crippen LogP) is -6.57. The molecule has 0 aromatic heterocycles. The first-order valence-corrected chi connectivity index (χ1v) is 33.8. The number of hydrogen-bond donors (Lipinski definition) is 15. The van der Waals surface area contributed by atoms with Gasteiger partial charge >= 0.3 is 11.9 Å². The van der Waals surface area contributed by atoms with Crippen LogP contribution in [0.2, 0.25) is 0 Å². The number of likely N-dealkylation sites (tertiary alicyclic amines) is 6. The van der Waals surface area contributed by atoms with Crippen LogP contribution in [-0.2, 0) is 67.1 Å². The van der Waals surface area contributed by atoms with Crippen LogP contribution < -0.4 is 54.8 Å². The van der Waals surface area contributed by atoms with Crippen molar-refractivity contribution in [2.45, 2.75) is 216 Å². The summed E-state index contributed by atoms with van der Waals surface area (Å²) in [6, 6.07) is -13.7. The Labute approximate surface area is 568 Å². The Balaban J connectivity index is 0.000000354. The van der Waals surface area contributed by atoms with Crippen molar-refractivity contribution >= 4 is 88.8 Å². The molecule has 6 heterocycles. The monoisotopic (exact) mass is 1390 g/mol. The van der Waals surface area contributed by atoms with Gasteiger partial charge in [-0.15, -0.1) is 0 Å². The standard InChI is InChI=1S/C32H51N7O9.C30H52N10O10/c1-18(2)16-20(29(44)39-15-7-11-25(39)32(47)48)34-26(41)21(17-40)35-27(42)22-8-4-12-36(22)30(45)24-10-6-14-38(24)31(46)23-9-5-13-37(23)28(43)19(3)33;1-16(2)12-19(29(50)40-11-4-7-21(40)26(47)35-13-23(43)44)37-24(45)18(6-3-9-34-30(32)33)36-25(46)20(15-42)38-27(48)22-8-5-10-39(22)28(49)17(31)14-41/h18-25,40H,4-17,33H2,1-3H3,(H,34,41)(H,35,42)(H,47,48);16-22,41-42H,3-15,31H2,1-2H3,(H,35,47)(H,36,46)(H,37,45)(H,38,48)(H,43,44)(H4,32,33,34). The Morgan fingerprint density at radius 3 is 1.20 bits per heavy atom. The number of nitrogens with zero attached hydrogens (tertiary/aromatic N) is 7. The van der Waals surface area contributed by atoms with Crippen LogP contribution in [0, 0.1) is 11.8 Å². The third kappa shape index (κ3) is 21.8. The van der Waals surface area contributed by atoms with Crippen molar-refractivity contribution in [1.29, 1.82) is 0 Å². The van der Waals surface area contributed by atoms with Crippen LogP contribution in [0.3, 0.4) is 0 Å². The third-order valence-corrected chi connectivity index (χ3v) is 18.1. The van der Waals surface area contributed by atoms with Gasteiger partial charge in [0.1, 0.15) is 79.0 Å². The van der Waals surface area contributed by atoms with Crippen molar-refractivity contribution in [3.05, 3.63) is 0 Å². The van der Waals surface area contributed by atoms with Gasteiger partial charge in [-0.05, 0) is 121 Å². The van der Waals surface area contributed by atoms with Crippen LogP contribution >= 0.6 is 0 Å². The highest BCUT2D eigenvalue weighted by Crippen LogP contribution is 2.30. The Hall–Kier alpha value is -8.35. The van der Waals surface area contributed by atoms with E-state index in [1.165, 1.54) is 29.4 Å². The highest BCUT2D eigenvalue weighted by molar-refractivity contribution is 6.00. The van der Waals surface area contributed by atoms with Gasteiger partial charge in [0.2, 0.25) is 70.9 Å². The number of carbonyl (C=O) groups is 14. The molecule has 0 spiro atoms. The lowest BCUT2D eigenvalue weighted by Gasteiger charge is -2.34. The molecule has 6 rings (SSSR count). The van der Waals surface area contributed by atoms with Crippen LogP contribution in [0.1, 0.15) is 137 Å². The van der Waals surface area contributed by atoms with E-state index in [9.17, 15) is 87.5 Å². The molecule has 0 aromatic carbocycles. The Morgan fingerprint density at radius 2 is 0.796 bits per heavy atom. The first-order chi connectivity index (χ1) is 46.4. The number of nitrogens with one attached hydrogen (secondary N) is 6. The zero-order valence-corrected chi connectivity index (χ0v) is 56.6. The van der Waals surface area contributed by atoms with E-state index in [-0.39, 0.29) is 100 Å². The molecule has 0 aromatic rings. The van der Waals surface area contributed by atoms with Crippen molar-refractivity contribution in [1.82, 2.24) is 61.3 Å². The molecule has 6 fully saturated rings. The lowest BCUT2D eigenvalue weighted by atomic mass is 10.0. The molecule has 0 aliphatic carbocycles. The van der Waals surface area contributed by atoms with E-state index in [0.29, 0.717) is 83.7 Å². The van der Waals surface area contributed by atoms with Gasteiger partial charge in [-0.2, -0.15) is 0 Å². The van der Waals surface area contributed by atoms with Gasteiger partial charge in [-0.1, -0.05) is 27.7 Å². The second-order valence-corrected chi connectivity index (χ2v) is 26.5. The van der Waals surface area contributed by atoms with E-state index in [4.69, 9.17) is 28.0 Å². The highest BCUT2D eigenvalue weighted by atomic mass is 16.4. The number of carbonyl (C=O) groups excluding carboxylic acids is 12. The molecule has 13 unspecified atom stereocenters. The average Bonchev–Trinajstić information content (AvgIpc) is 1.63. The molecule has 0 saturated carbocycles. The predicted molar refractivity (Wildman–Crippen MR) is 348 cm³/mol. The van der Waals surface area contributed by atoms with E-state index in [2.05, 4.69) is 36.9 Å². The molecule has 550 valence electrons. The van der Waals surface area contributed by atoms with Gasteiger partial charge in [-0.3, -0.25) is 67.3 Å². The summed E-state index contributed by atoms with van der Waals surface area (Å²) in [6.07, 6.45) is 5.91. The Bertz CT molecular complexity index is 2900. The maximum atomic E-state index is 13.9. The maximum absolute atomic E-state index is 13.9. The van der Waals surface area contributed by atoms with Crippen molar-refractivity contribution < 1.29 is 92.7 Å². The molecule has 6 saturated heterocycles. The second kappa shape index (κ2) is 38.1.